The number of nitrogens with one attached hydrogen (secondary N) is 1. The van der Waals surface area contributed by atoms with E-state index in [9.17, 15) is 13.2 Å². The van der Waals surface area contributed by atoms with Crippen molar-refractivity contribution >= 4 is 27.3 Å². The lowest BCUT2D eigenvalue weighted by molar-refractivity contribution is 0.0701. The van der Waals surface area contributed by atoms with Gasteiger partial charge in [-0.05, 0) is 37.1 Å². The number of hydrogen-bond acceptors (Lipinski definition) is 5. The topological polar surface area (TPSA) is 96.4 Å². The van der Waals surface area contributed by atoms with Crippen LogP contribution < -0.4 is 4.72 Å². The second kappa shape index (κ2) is 5.92. The van der Waals surface area contributed by atoms with Gasteiger partial charge in [0.2, 0.25) is 10.0 Å². The Kier molecular flexibility index (Phi) is 4.40. The highest BCUT2D eigenvalue weighted by Gasteiger charge is 2.21. The predicted molar refractivity (Wildman–Crippen MR) is 79.0 cm³/mol. The molecule has 0 spiro atoms. The normalized spacial score (nSPS) is 11.5. The third-order valence-electron chi connectivity index (χ3n) is 2.90. The third kappa shape index (κ3) is 3.46. The Morgan fingerprint density at radius 3 is 2.67 bits per heavy atom. The Bertz CT molecular complexity index is 781. The van der Waals surface area contributed by atoms with Crippen LogP contribution in [-0.4, -0.2) is 24.5 Å². The maximum Gasteiger partial charge on any atom is 0.346 e. The van der Waals surface area contributed by atoms with Gasteiger partial charge in [0.15, 0.2) is 0 Å². The molecule has 0 fully saturated rings. The van der Waals surface area contributed by atoms with Crippen molar-refractivity contribution in [3.05, 3.63) is 46.1 Å². The lowest BCUT2D eigenvalue weighted by Crippen LogP contribution is -2.23. The fourth-order valence-corrected chi connectivity index (χ4v) is 4.15. The van der Waals surface area contributed by atoms with Crippen LogP contribution in [0.25, 0.3) is 0 Å². The van der Waals surface area contributed by atoms with Crippen molar-refractivity contribution in [3.63, 3.8) is 0 Å². The third-order valence-corrected chi connectivity index (χ3v) is 6.00. The fourth-order valence-electron chi connectivity index (χ4n) is 1.74. The van der Waals surface area contributed by atoms with Gasteiger partial charge in [0.25, 0.3) is 0 Å². The summed E-state index contributed by atoms with van der Waals surface area (Å²) in [6.45, 7) is 3.48. The number of aryl methyl sites for hydroxylation is 2. The van der Waals surface area contributed by atoms with Gasteiger partial charge in [-0.25, -0.2) is 17.9 Å². The molecule has 2 heterocycles. The van der Waals surface area contributed by atoms with Crippen molar-refractivity contribution in [2.45, 2.75) is 24.6 Å². The van der Waals surface area contributed by atoms with Crippen LogP contribution in [0, 0.1) is 13.8 Å². The van der Waals surface area contributed by atoms with E-state index in [2.05, 4.69) is 9.71 Å². The van der Waals surface area contributed by atoms with E-state index in [4.69, 9.17) is 5.11 Å². The predicted octanol–water partition coefficient (Wildman–Crippen LogP) is 1.94. The van der Waals surface area contributed by atoms with E-state index in [-0.39, 0.29) is 15.6 Å². The van der Waals surface area contributed by atoms with Gasteiger partial charge in [-0.1, -0.05) is 6.07 Å². The first-order chi connectivity index (χ1) is 9.81. The van der Waals surface area contributed by atoms with Crippen molar-refractivity contribution in [1.82, 2.24) is 9.71 Å². The van der Waals surface area contributed by atoms with Crippen LogP contribution in [0.15, 0.2) is 28.6 Å². The maximum atomic E-state index is 12.2. The molecule has 2 aromatic heterocycles. The van der Waals surface area contributed by atoms with E-state index in [1.807, 2.05) is 13.0 Å². The number of carboxylic acids is 1. The van der Waals surface area contributed by atoms with E-state index < -0.39 is 16.0 Å². The highest BCUT2D eigenvalue weighted by atomic mass is 32.2. The molecule has 0 radical (unpaired) electrons. The standard InChI is InChI=1S/C13H14N2O4S2/c1-8-4-3-5-14-10(8)7-15-21(18,19)11-6-9(2)12(20-11)13(16)17/h3-6,15H,7H2,1-2H3,(H,16,17). The van der Waals surface area contributed by atoms with Gasteiger partial charge in [-0.2, -0.15) is 0 Å². The number of carboxylic acid groups (broad SMARTS) is 1. The van der Waals surface area contributed by atoms with Gasteiger partial charge in [-0.3, -0.25) is 4.98 Å². The Morgan fingerprint density at radius 1 is 1.38 bits per heavy atom. The lowest BCUT2D eigenvalue weighted by Gasteiger charge is -2.06. The van der Waals surface area contributed by atoms with Crippen LogP contribution in [0.1, 0.15) is 26.5 Å². The summed E-state index contributed by atoms with van der Waals surface area (Å²) < 4.78 is 26.8. The van der Waals surface area contributed by atoms with Crippen LogP contribution >= 0.6 is 11.3 Å². The van der Waals surface area contributed by atoms with E-state index in [0.29, 0.717) is 11.3 Å². The number of rotatable bonds is 5. The molecule has 0 bridgehead atoms. The van der Waals surface area contributed by atoms with Crippen molar-refractivity contribution in [2.24, 2.45) is 0 Å². The summed E-state index contributed by atoms with van der Waals surface area (Å²) in [6, 6.07) is 4.98. The van der Waals surface area contributed by atoms with E-state index in [1.165, 1.54) is 6.07 Å². The number of hydrogen-bond donors (Lipinski definition) is 2. The number of aromatic carboxylic acids is 1. The summed E-state index contributed by atoms with van der Waals surface area (Å²) in [5.41, 5.74) is 1.95. The summed E-state index contributed by atoms with van der Waals surface area (Å²) >= 11 is 0.743. The van der Waals surface area contributed by atoms with Gasteiger partial charge in [0, 0.05) is 6.20 Å². The second-order valence-electron chi connectivity index (χ2n) is 4.47. The van der Waals surface area contributed by atoms with Crippen molar-refractivity contribution < 1.29 is 18.3 Å². The van der Waals surface area contributed by atoms with Gasteiger partial charge in [-0.15, -0.1) is 11.3 Å². The first kappa shape index (κ1) is 15.6. The molecule has 21 heavy (non-hydrogen) atoms. The van der Waals surface area contributed by atoms with E-state index in [1.54, 1.807) is 19.2 Å². The zero-order chi connectivity index (χ0) is 15.6. The molecule has 0 atom stereocenters. The largest absolute Gasteiger partial charge is 0.477 e. The molecule has 2 rings (SSSR count). The average Bonchev–Trinajstić information content (AvgIpc) is 2.81. The molecule has 8 heteroatoms. The number of pyridine rings is 1. The first-order valence-corrected chi connectivity index (χ1v) is 8.35. The van der Waals surface area contributed by atoms with Gasteiger partial charge in [0.1, 0.15) is 9.09 Å². The number of thiophene rings is 1. The summed E-state index contributed by atoms with van der Waals surface area (Å²) in [5, 5.41) is 8.97. The summed E-state index contributed by atoms with van der Waals surface area (Å²) in [4.78, 5) is 15.1. The van der Waals surface area contributed by atoms with E-state index in [0.717, 1.165) is 16.9 Å². The number of sulfonamides is 1. The molecule has 0 aliphatic carbocycles. The molecule has 0 aromatic carbocycles. The summed E-state index contributed by atoms with van der Waals surface area (Å²) in [7, 11) is -3.75. The Hall–Kier alpha value is -1.77. The SMILES string of the molecule is Cc1cccnc1CNS(=O)(=O)c1cc(C)c(C(=O)O)s1. The number of nitrogens with zero attached hydrogens (tertiary/aromatic N) is 1. The molecular formula is C13H14N2O4S2. The Labute approximate surface area is 126 Å². The molecule has 0 aliphatic heterocycles. The first-order valence-electron chi connectivity index (χ1n) is 6.05. The highest BCUT2D eigenvalue weighted by Crippen LogP contribution is 2.26. The molecule has 2 N–H and O–H groups in total. The van der Waals surface area contributed by atoms with Gasteiger partial charge < -0.3 is 5.11 Å². The van der Waals surface area contributed by atoms with Crippen LogP contribution in [0.4, 0.5) is 0 Å². The minimum absolute atomic E-state index is 0.00835. The number of aromatic nitrogens is 1. The second-order valence-corrected chi connectivity index (χ2v) is 7.52. The smallest absolute Gasteiger partial charge is 0.346 e. The number of carbonyl (C=O) groups is 1. The molecule has 0 unspecified atom stereocenters. The van der Waals surface area contributed by atoms with Crippen LogP contribution in [0.3, 0.4) is 0 Å². The minimum atomic E-state index is -3.75. The van der Waals surface area contributed by atoms with Gasteiger partial charge in [0.05, 0.1) is 12.2 Å². The Morgan fingerprint density at radius 2 is 2.10 bits per heavy atom. The summed E-state index contributed by atoms with van der Waals surface area (Å²) in [5.74, 6) is -1.13. The van der Waals surface area contributed by atoms with Crippen molar-refractivity contribution in [3.8, 4) is 0 Å². The molecule has 6 nitrogen and oxygen atoms in total. The molecule has 0 aliphatic rings. The van der Waals surface area contributed by atoms with Gasteiger partial charge >= 0.3 is 5.97 Å². The lowest BCUT2D eigenvalue weighted by atomic mass is 10.2. The zero-order valence-corrected chi connectivity index (χ0v) is 13.1. The van der Waals surface area contributed by atoms with Crippen LogP contribution in [-0.2, 0) is 16.6 Å². The monoisotopic (exact) mass is 326 g/mol. The highest BCUT2D eigenvalue weighted by molar-refractivity contribution is 7.91. The molecule has 112 valence electrons. The Balaban J connectivity index is 2.21. The van der Waals surface area contributed by atoms with Crippen LogP contribution in [0.5, 0.6) is 0 Å². The van der Waals surface area contributed by atoms with E-state index >= 15 is 0 Å². The molecule has 0 amide bonds. The fraction of sp³-hybridized carbons (Fsp3) is 0.231. The van der Waals surface area contributed by atoms with Crippen molar-refractivity contribution in [2.75, 3.05) is 0 Å². The zero-order valence-electron chi connectivity index (χ0n) is 11.5. The maximum absolute atomic E-state index is 12.2. The quantitative estimate of drug-likeness (QED) is 0.875. The average molecular weight is 326 g/mol. The summed E-state index contributed by atoms with van der Waals surface area (Å²) in [6.07, 6.45) is 1.59. The molecular weight excluding hydrogens is 312 g/mol. The van der Waals surface area contributed by atoms with Crippen molar-refractivity contribution in [1.29, 1.82) is 0 Å². The minimum Gasteiger partial charge on any atom is -0.477 e. The molecule has 2 aromatic rings. The van der Waals surface area contributed by atoms with Crippen LogP contribution in [0.2, 0.25) is 0 Å². The molecule has 0 saturated heterocycles. The molecule has 0 saturated carbocycles.